The van der Waals surface area contributed by atoms with Gasteiger partial charge < -0.3 is 10.4 Å². The smallest absolute Gasteiger partial charge is 0.267 e. The fourth-order valence-electron chi connectivity index (χ4n) is 3.69. The highest BCUT2D eigenvalue weighted by molar-refractivity contribution is 7.85. The van der Waals surface area contributed by atoms with Crippen LogP contribution in [-0.4, -0.2) is 41.9 Å². The molecule has 0 saturated heterocycles. The third kappa shape index (κ3) is 24.0. The van der Waals surface area contributed by atoms with E-state index < -0.39 is 28.0 Å². The SMILES string of the molecule is CC/C=C\C/C=C\C/C=C\CCCCCC(=O)NC(CS(=O)(=O)O)C(O)/C=C/CCCCCCCC. The molecule has 0 spiro atoms. The number of rotatable bonds is 23. The summed E-state index contributed by atoms with van der Waals surface area (Å²) in [5.74, 6) is -1.03. The first-order chi connectivity index (χ1) is 17.3. The summed E-state index contributed by atoms with van der Waals surface area (Å²) in [5, 5.41) is 13.0. The normalized spacial score (nSPS) is 14.4. The number of aliphatic hydroxyl groups is 1. The quantitative estimate of drug-likeness (QED) is 0.0770. The van der Waals surface area contributed by atoms with E-state index >= 15 is 0 Å². The molecule has 0 aliphatic carbocycles. The first kappa shape index (κ1) is 34.3. The van der Waals surface area contributed by atoms with Crippen LogP contribution in [0.4, 0.5) is 0 Å². The van der Waals surface area contributed by atoms with E-state index in [1.807, 2.05) is 6.08 Å². The van der Waals surface area contributed by atoms with Crippen LogP contribution in [0.3, 0.4) is 0 Å². The third-order valence-corrected chi connectivity index (χ3v) is 6.54. The summed E-state index contributed by atoms with van der Waals surface area (Å²) in [6.07, 6.45) is 29.6. The topological polar surface area (TPSA) is 104 Å². The van der Waals surface area contributed by atoms with E-state index in [1.54, 1.807) is 0 Å². The number of amides is 1. The second kappa shape index (κ2) is 23.7. The monoisotopic (exact) mass is 525 g/mol. The molecule has 0 heterocycles. The lowest BCUT2D eigenvalue weighted by Crippen LogP contribution is -2.46. The molecule has 208 valence electrons. The predicted molar refractivity (Wildman–Crippen MR) is 152 cm³/mol. The lowest BCUT2D eigenvalue weighted by molar-refractivity contribution is -0.122. The molecule has 3 N–H and O–H groups in total. The Hall–Kier alpha value is -1.70. The Morgan fingerprint density at radius 2 is 1.33 bits per heavy atom. The number of allylic oxidation sites excluding steroid dienone is 7. The molecule has 0 aliphatic rings. The van der Waals surface area contributed by atoms with E-state index in [0.29, 0.717) is 6.42 Å². The molecule has 0 saturated carbocycles. The van der Waals surface area contributed by atoms with Gasteiger partial charge in [0.25, 0.3) is 10.1 Å². The highest BCUT2D eigenvalue weighted by Gasteiger charge is 2.24. The van der Waals surface area contributed by atoms with Gasteiger partial charge in [-0.2, -0.15) is 8.42 Å². The number of aliphatic hydroxyl groups excluding tert-OH is 1. The molecular weight excluding hydrogens is 474 g/mol. The molecule has 0 rings (SSSR count). The first-order valence-corrected chi connectivity index (χ1v) is 15.4. The molecule has 7 heteroatoms. The van der Waals surface area contributed by atoms with Crippen molar-refractivity contribution >= 4 is 16.0 Å². The lowest BCUT2D eigenvalue weighted by Gasteiger charge is -2.21. The highest BCUT2D eigenvalue weighted by Crippen LogP contribution is 2.09. The number of carbonyl (C=O) groups is 1. The molecule has 6 nitrogen and oxygen atoms in total. The third-order valence-electron chi connectivity index (χ3n) is 5.76. The average Bonchev–Trinajstić information content (AvgIpc) is 2.82. The van der Waals surface area contributed by atoms with Crippen LogP contribution < -0.4 is 5.32 Å². The van der Waals surface area contributed by atoms with Gasteiger partial charge in [-0.1, -0.05) is 101 Å². The molecule has 0 aromatic rings. The van der Waals surface area contributed by atoms with E-state index in [0.717, 1.165) is 57.8 Å². The average molecular weight is 526 g/mol. The zero-order valence-electron chi connectivity index (χ0n) is 22.6. The van der Waals surface area contributed by atoms with Crippen molar-refractivity contribution in [1.82, 2.24) is 5.32 Å². The van der Waals surface area contributed by atoms with Crippen LogP contribution in [0.5, 0.6) is 0 Å². The molecule has 2 atom stereocenters. The lowest BCUT2D eigenvalue weighted by atomic mass is 10.1. The predicted octanol–water partition coefficient (Wildman–Crippen LogP) is 6.84. The summed E-state index contributed by atoms with van der Waals surface area (Å²) < 4.78 is 32.0. The van der Waals surface area contributed by atoms with Crippen molar-refractivity contribution in [2.75, 3.05) is 5.75 Å². The second-order valence-corrected chi connectivity index (χ2v) is 10.8. The van der Waals surface area contributed by atoms with Crippen LogP contribution in [0.15, 0.2) is 48.6 Å². The van der Waals surface area contributed by atoms with Crippen LogP contribution in [0.1, 0.15) is 110 Å². The molecular formula is C29H51NO5S. The van der Waals surface area contributed by atoms with Crippen molar-refractivity contribution in [2.45, 2.75) is 122 Å². The minimum Gasteiger partial charge on any atom is -0.387 e. The van der Waals surface area contributed by atoms with E-state index in [-0.39, 0.29) is 12.3 Å². The second-order valence-electron chi connectivity index (χ2n) is 9.29. The van der Waals surface area contributed by atoms with E-state index in [4.69, 9.17) is 0 Å². The Morgan fingerprint density at radius 1 is 0.778 bits per heavy atom. The van der Waals surface area contributed by atoms with Gasteiger partial charge >= 0.3 is 0 Å². The van der Waals surface area contributed by atoms with Crippen LogP contribution in [0.25, 0.3) is 0 Å². The molecule has 0 radical (unpaired) electrons. The van der Waals surface area contributed by atoms with Gasteiger partial charge in [0.15, 0.2) is 0 Å². The molecule has 0 aliphatic heterocycles. The van der Waals surface area contributed by atoms with Crippen LogP contribution in [0, 0.1) is 0 Å². The van der Waals surface area contributed by atoms with E-state index in [1.165, 1.54) is 31.8 Å². The summed E-state index contributed by atoms with van der Waals surface area (Å²) in [4.78, 5) is 12.3. The maximum atomic E-state index is 12.3. The molecule has 1 amide bonds. The zero-order chi connectivity index (χ0) is 26.9. The van der Waals surface area contributed by atoms with Crippen LogP contribution in [-0.2, 0) is 14.9 Å². The first-order valence-electron chi connectivity index (χ1n) is 13.8. The standard InChI is InChI=1S/C29H51NO5S/c1-3-5-7-9-11-13-14-15-16-17-19-21-23-25-29(32)30-27(26-36(33,34)35)28(31)24-22-20-18-12-10-8-6-4-2/h5,7,11,13,15-16,22,24,27-28,31H,3-4,6,8-10,12,14,17-21,23,25-26H2,1-2H3,(H,30,32)(H,33,34,35)/b7-5-,13-11-,16-15-,24-22+. The van der Waals surface area contributed by atoms with Gasteiger partial charge in [-0.3, -0.25) is 9.35 Å². The van der Waals surface area contributed by atoms with Gasteiger partial charge in [-0.05, 0) is 51.4 Å². The highest BCUT2D eigenvalue weighted by atomic mass is 32.2. The fraction of sp³-hybridized carbons (Fsp3) is 0.690. The fourth-order valence-corrected chi connectivity index (χ4v) is 4.43. The number of hydrogen-bond acceptors (Lipinski definition) is 4. The van der Waals surface area contributed by atoms with Gasteiger partial charge in [-0.25, -0.2) is 0 Å². The Kier molecular flexibility index (Phi) is 22.6. The zero-order valence-corrected chi connectivity index (χ0v) is 23.4. The van der Waals surface area contributed by atoms with Gasteiger partial charge in [0.2, 0.25) is 5.91 Å². The van der Waals surface area contributed by atoms with Gasteiger partial charge in [0.1, 0.15) is 0 Å². The molecule has 0 aromatic heterocycles. The van der Waals surface area contributed by atoms with E-state index in [2.05, 4.69) is 55.6 Å². The molecule has 0 bridgehead atoms. The van der Waals surface area contributed by atoms with Crippen LogP contribution >= 0.6 is 0 Å². The molecule has 36 heavy (non-hydrogen) atoms. The summed E-state index contributed by atoms with van der Waals surface area (Å²) in [7, 11) is -4.33. The van der Waals surface area contributed by atoms with Crippen molar-refractivity contribution < 1.29 is 22.9 Å². The maximum absolute atomic E-state index is 12.3. The van der Waals surface area contributed by atoms with Crippen LogP contribution in [0.2, 0.25) is 0 Å². The van der Waals surface area contributed by atoms with Crippen molar-refractivity contribution in [3.63, 3.8) is 0 Å². The maximum Gasteiger partial charge on any atom is 0.267 e. The summed E-state index contributed by atoms with van der Waals surface area (Å²) >= 11 is 0. The van der Waals surface area contributed by atoms with Gasteiger partial charge in [0.05, 0.1) is 17.9 Å². The van der Waals surface area contributed by atoms with Crippen molar-refractivity contribution in [2.24, 2.45) is 0 Å². The number of carbonyl (C=O) groups excluding carboxylic acids is 1. The Labute approximate surface area is 220 Å². The Bertz CT molecular complexity index is 756. The summed E-state index contributed by atoms with van der Waals surface area (Å²) in [6.45, 7) is 4.30. The van der Waals surface area contributed by atoms with Crippen molar-refractivity contribution in [1.29, 1.82) is 0 Å². The minimum atomic E-state index is -4.33. The number of nitrogens with one attached hydrogen (secondary N) is 1. The molecule has 2 unspecified atom stereocenters. The largest absolute Gasteiger partial charge is 0.387 e. The van der Waals surface area contributed by atoms with Crippen molar-refractivity contribution in [3.8, 4) is 0 Å². The minimum absolute atomic E-state index is 0.258. The summed E-state index contributed by atoms with van der Waals surface area (Å²) in [6, 6.07) is -1.07. The van der Waals surface area contributed by atoms with E-state index in [9.17, 15) is 22.9 Å². The van der Waals surface area contributed by atoms with Gasteiger partial charge in [-0.15, -0.1) is 0 Å². The van der Waals surface area contributed by atoms with Crippen molar-refractivity contribution in [3.05, 3.63) is 48.6 Å². The Balaban J connectivity index is 4.22. The van der Waals surface area contributed by atoms with Gasteiger partial charge in [0, 0.05) is 6.42 Å². The summed E-state index contributed by atoms with van der Waals surface area (Å²) in [5.41, 5.74) is 0. The Morgan fingerprint density at radius 3 is 1.97 bits per heavy atom. The number of hydrogen-bond donors (Lipinski definition) is 3. The molecule has 0 aromatic carbocycles. The number of unbranched alkanes of at least 4 members (excludes halogenated alkanes) is 9. The molecule has 0 fully saturated rings.